The number of hydrogen-bond acceptors (Lipinski definition) is 3. The second-order valence-electron chi connectivity index (χ2n) is 7.53. The van der Waals surface area contributed by atoms with E-state index in [9.17, 15) is 4.79 Å². The van der Waals surface area contributed by atoms with Crippen molar-refractivity contribution in [2.24, 2.45) is 10.9 Å². The Kier molecular flexibility index (Phi) is 9.35. The lowest BCUT2D eigenvalue weighted by atomic mass is 10.1. The van der Waals surface area contributed by atoms with Crippen LogP contribution in [0.25, 0.3) is 0 Å². The number of thiophene rings is 1. The van der Waals surface area contributed by atoms with Crippen LogP contribution in [0.5, 0.6) is 0 Å². The van der Waals surface area contributed by atoms with Gasteiger partial charge in [0.2, 0.25) is 5.91 Å². The van der Waals surface area contributed by atoms with Crippen LogP contribution < -0.4 is 10.6 Å². The van der Waals surface area contributed by atoms with Crippen molar-refractivity contribution in [1.82, 2.24) is 15.5 Å². The molecule has 1 aromatic rings. The Morgan fingerprint density at radius 1 is 1.37 bits per heavy atom. The van der Waals surface area contributed by atoms with E-state index < -0.39 is 0 Å². The molecule has 1 aliphatic carbocycles. The van der Waals surface area contributed by atoms with Crippen molar-refractivity contribution in [3.63, 3.8) is 0 Å². The molecule has 0 aromatic carbocycles. The third-order valence-electron chi connectivity index (χ3n) is 5.44. The molecule has 27 heavy (non-hydrogen) atoms. The van der Waals surface area contributed by atoms with E-state index in [0.717, 1.165) is 51.4 Å². The normalized spacial score (nSPS) is 21.8. The summed E-state index contributed by atoms with van der Waals surface area (Å²) in [7, 11) is 0. The number of rotatable bonds is 6. The summed E-state index contributed by atoms with van der Waals surface area (Å²) < 4.78 is 0. The molecule has 7 heteroatoms. The Labute approximate surface area is 184 Å². The molecule has 2 heterocycles. The third kappa shape index (κ3) is 6.34. The third-order valence-corrected chi connectivity index (χ3v) is 6.55. The molecule has 2 N–H and O–H groups in total. The van der Waals surface area contributed by atoms with Gasteiger partial charge >= 0.3 is 0 Å². The Morgan fingerprint density at radius 3 is 2.81 bits per heavy atom. The van der Waals surface area contributed by atoms with Crippen LogP contribution in [0, 0.1) is 5.92 Å². The molecule has 1 saturated heterocycles. The van der Waals surface area contributed by atoms with Gasteiger partial charge < -0.3 is 15.5 Å². The van der Waals surface area contributed by atoms with Gasteiger partial charge in [-0.15, -0.1) is 35.3 Å². The minimum absolute atomic E-state index is 0. The van der Waals surface area contributed by atoms with Crippen LogP contribution in [0.15, 0.2) is 22.5 Å². The van der Waals surface area contributed by atoms with Crippen molar-refractivity contribution in [2.75, 3.05) is 26.2 Å². The predicted octanol–water partition coefficient (Wildman–Crippen LogP) is 3.82. The van der Waals surface area contributed by atoms with Crippen LogP contribution in [0.2, 0.25) is 0 Å². The molecule has 2 fully saturated rings. The zero-order valence-electron chi connectivity index (χ0n) is 16.4. The molecular formula is C20H33IN4OS. The summed E-state index contributed by atoms with van der Waals surface area (Å²) in [6, 6.07) is 4.57. The quantitative estimate of drug-likeness (QED) is 0.352. The molecule has 3 rings (SSSR count). The summed E-state index contributed by atoms with van der Waals surface area (Å²) in [5, 5.41) is 9.01. The molecule has 0 spiro atoms. The Bertz CT molecular complexity index is 601. The highest BCUT2D eigenvalue weighted by atomic mass is 127. The van der Waals surface area contributed by atoms with Crippen molar-refractivity contribution in [3.8, 4) is 0 Å². The number of aliphatic imine (C=N–C) groups is 1. The van der Waals surface area contributed by atoms with Gasteiger partial charge in [0, 0.05) is 42.4 Å². The highest BCUT2D eigenvalue weighted by Crippen LogP contribution is 2.28. The van der Waals surface area contributed by atoms with Gasteiger partial charge in [0.15, 0.2) is 5.96 Å². The van der Waals surface area contributed by atoms with Gasteiger partial charge in [-0.25, -0.2) is 0 Å². The second kappa shape index (κ2) is 11.2. The number of carbonyl (C=O) groups is 1. The second-order valence-corrected chi connectivity index (χ2v) is 8.51. The largest absolute Gasteiger partial charge is 0.357 e. The number of guanidine groups is 1. The van der Waals surface area contributed by atoms with Gasteiger partial charge in [-0.2, -0.15) is 0 Å². The fourth-order valence-electron chi connectivity index (χ4n) is 3.91. The van der Waals surface area contributed by atoms with E-state index in [1.165, 1.54) is 17.7 Å². The molecule has 2 aliphatic rings. The topological polar surface area (TPSA) is 56.7 Å². The van der Waals surface area contributed by atoms with Gasteiger partial charge in [-0.1, -0.05) is 25.8 Å². The molecule has 5 nitrogen and oxygen atoms in total. The fraction of sp³-hybridized carbons (Fsp3) is 0.700. The molecule has 1 saturated carbocycles. The van der Waals surface area contributed by atoms with Crippen molar-refractivity contribution >= 4 is 47.2 Å². The standard InChI is InChI=1S/C20H32N4OS.HI/c1-3-21-20(22-13-15(2)18-9-6-12-26-18)23-17-10-11-24(14-17)19(25)16-7-4-5-8-16;/h6,9,12,15-17H,3-5,7-8,10-11,13-14H2,1-2H3,(H2,21,22,23);1H. The van der Waals surface area contributed by atoms with Crippen molar-refractivity contribution in [3.05, 3.63) is 22.4 Å². The number of nitrogens with zero attached hydrogens (tertiary/aromatic N) is 2. The summed E-state index contributed by atoms with van der Waals surface area (Å²) in [6.07, 6.45) is 5.59. The zero-order valence-corrected chi connectivity index (χ0v) is 19.6. The molecule has 1 aromatic heterocycles. The van der Waals surface area contributed by atoms with Gasteiger partial charge in [0.05, 0.1) is 6.54 Å². The minimum Gasteiger partial charge on any atom is -0.357 e. The number of hydrogen-bond donors (Lipinski definition) is 2. The number of halogens is 1. The van der Waals surface area contributed by atoms with E-state index in [0.29, 0.717) is 17.9 Å². The van der Waals surface area contributed by atoms with Gasteiger partial charge in [-0.3, -0.25) is 9.79 Å². The lowest BCUT2D eigenvalue weighted by molar-refractivity contribution is -0.134. The van der Waals surface area contributed by atoms with E-state index in [2.05, 4.69) is 46.9 Å². The van der Waals surface area contributed by atoms with Crippen LogP contribution in [0.3, 0.4) is 0 Å². The average Bonchev–Trinajstić information content (AvgIpc) is 3.41. The number of likely N-dealkylation sites (tertiary alicyclic amines) is 1. The lowest BCUT2D eigenvalue weighted by Gasteiger charge is -2.21. The molecule has 0 radical (unpaired) electrons. The molecule has 2 unspecified atom stereocenters. The van der Waals surface area contributed by atoms with Gasteiger partial charge in [0.1, 0.15) is 0 Å². The first kappa shape index (κ1) is 22.5. The Balaban J connectivity index is 0.00000261. The maximum Gasteiger partial charge on any atom is 0.225 e. The minimum atomic E-state index is 0. The van der Waals surface area contributed by atoms with E-state index >= 15 is 0 Å². The summed E-state index contributed by atoms with van der Waals surface area (Å²) in [5.74, 6) is 1.95. The average molecular weight is 504 g/mol. The summed E-state index contributed by atoms with van der Waals surface area (Å²) >= 11 is 1.79. The summed E-state index contributed by atoms with van der Waals surface area (Å²) in [5.41, 5.74) is 0. The van der Waals surface area contributed by atoms with Crippen LogP contribution >= 0.6 is 35.3 Å². The van der Waals surface area contributed by atoms with Crippen LogP contribution in [0.1, 0.15) is 56.7 Å². The molecule has 1 aliphatic heterocycles. The summed E-state index contributed by atoms with van der Waals surface area (Å²) in [6.45, 7) is 7.60. The maximum atomic E-state index is 12.6. The molecule has 152 valence electrons. The first-order valence-electron chi connectivity index (χ1n) is 10.0. The van der Waals surface area contributed by atoms with E-state index in [-0.39, 0.29) is 29.9 Å². The van der Waals surface area contributed by atoms with Crippen molar-refractivity contribution < 1.29 is 4.79 Å². The van der Waals surface area contributed by atoms with Gasteiger partial charge in [0.25, 0.3) is 0 Å². The number of carbonyl (C=O) groups excluding carboxylic acids is 1. The van der Waals surface area contributed by atoms with Crippen molar-refractivity contribution in [2.45, 2.75) is 57.9 Å². The highest BCUT2D eigenvalue weighted by Gasteiger charge is 2.32. The van der Waals surface area contributed by atoms with Crippen LogP contribution in [-0.2, 0) is 4.79 Å². The molecule has 2 atom stereocenters. The summed E-state index contributed by atoms with van der Waals surface area (Å²) in [4.78, 5) is 20.8. The number of amides is 1. The lowest BCUT2D eigenvalue weighted by Crippen LogP contribution is -2.45. The fourth-order valence-corrected chi connectivity index (χ4v) is 4.69. The molecule has 1 amide bonds. The van der Waals surface area contributed by atoms with Crippen molar-refractivity contribution in [1.29, 1.82) is 0 Å². The van der Waals surface area contributed by atoms with Gasteiger partial charge in [-0.05, 0) is 37.6 Å². The smallest absolute Gasteiger partial charge is 0.225 e. The monoisotopic (exact) mass is 504 g/mol. The molecule has 0 bridgehead atoms. The highest BCUT2D eigenvalue weighted by molar-refractivity contribution is 14.0. The molecular weight excluding hydrogens is 471 g/mol. The van der Waals surface area contributed by atoms with Crippen LogP contribution in [0.4, 0.5) is 0 Å². The first-order chi connectivity index (χ1) is 12.7. The van der Waals surface area contributed by atoms with E-state index in [1.807, 2.05) is 0 Å². The zero-order chi connectivity index (χ0) is 18.4. The van der Waals surface area contributed by atoms with Crippen LogP contribution in [-0.4, -0.2) is 49.0 Å². The number of nitrogens with one attached hydrogen (secondary N) is 2. The SMILES string of the molecule is CCNC(=NCC(C)c1cccs1)NC1CCN(C(=O)C2CCCC2)C1.I. The predicted molar refractivity (Wildman–Crippen MR) is 124 cm³/mol. The van der Waals surface area contributed by atoms with E-state index in [1.54, 1.807) is 11.3 Å². The maximum absolute atomic E-state index is 12.6. The Morgan fingerprint density at radius 2 is 2.15 bits per heavy atom. The van der Waals surface area contributed by atoms with E-state index in [4.69, 9.17) is 4.99 Å². The first-order valence-corrected chi connectivity index (χ1v) is 10.9. The Hall–Kier alpha value is -0.830.